The molecule has 0 aromatic heterocycles. The Balaban J connectivity index is 1.91. The topological polar surface area (TPSA) is 101 Å². The van der Waals surface area contributed by atoms with E-state index in [1.807, 2.05) is 0 Å². The van der Waals surface area contributed by atoms with Crippen LogP contribution in [0.2, 0.25) is 0 Å². The lowest BCUT2D eigenvalue weighted by Crippen LogP contribution is -2.39. The minimum absolute atomic E-state index is 0.0238. The van der Waals surface area contributed by atoms with E-state index in [2.05, 4.69) is 10.6 Å². The maximum absolute atomic E-state index is 11.8. The minimum atomic E-state index is -3.70. The molecule has 7 heteroatoms. The number of nitrogens with one attached hydrogen (secondary N) is 2. The van der Waals surface area contributed by atoms with Gasteiger partial charge in [-0.25, -0.2) is 18.4 Å². The minimum Gasteiger partial charge on any atom is -0.335 e. The Hall–Kier alpha value is -1.60. The fourth-order valence-corrected chi connectivity index (χ4v) is 2.84. The van der Waals surface area contributed by atoms with Crippen molar-refractivity contribution in [3.8, 4) is 0 Å². The van der Waals surface area contributed by atoms with Crippen LogP contribution >= 0.6 is 0 Å². The van der Waals surface area contributed by atoms with Crippen LogP contribution in [0.4, 0.5) is 10.5 Å². The van der Waals surface area contributed by atoms with Crippen molar-refractivity contribution >= 4 is 21.7 Å². The van der Waals surface area contributed by atoms with Gasteiger partial charge in [0.15, 0.2) is 0 Å². The Bertz CT molecular complexity index is 563. The molecule has 0 heterocycles. The number of carbonyl (C=O) groups excluding carboxylic acids is 1. The number of hydrogen-bond donors (Lipinski definition) is 3. The van der Waals surface area contributed by atoms with Crippen LogP contribution in [-0.4, -0.2) is 20.5 Å². The highest BCUT2D eigenvalue weighted by Crippen LogP contribution is 2.18. The summed E-state index contributed by atoms with van der Waals surface area (Å²) in [5.74, 6) is 0. The number of rotatable bonds is 3. The van der Waals surface area contributed by atoms with E-state index < -0.39 is 10.0 Å². The highest BCUT2D eigenvalue weighted by molar-refractivity contribution is 7.89. The summed E-state index contributed by atoms with van der Waals surface area (Å²) in [5.41, 5.74) is 0.533. The number of hydrogen-bond acceptors (Lipinski definition) is 3. The number of nitrogens with two attached hydrogens (primary N) is 1. The molecule has 0 atom stereocenters. The van der Waals surface area contributed by atoms with E-state index in [0.29, 0.717) is 5.69 Å². The van der Waals surface area contributed by atoms with Crippen molar-refractivity contribution < 1.29 is 13.2 Å². The maximum atomic E-state index is 11.8. The van der Waals surface area contributed by atoms with Crippen molar-refractivity contribution in [2.75, 3.05) is 5.32 Å². The van der Waals surface area contributed by atoms with Crippen LogP contribution in [0.5, 0.6) is 0 Å². The molecule has 110 valence electrons. The average Bonchev–Trinajstić information content (AvgIpc) is 2.39. The summed E-state index contributed by atoms with van der Waals surface area (Å²) in [5, 5.41) is 10.6. The first-order valence-electron chi connectivity index (χ1n) is 6.65. The Morgan fingerprint density at radius 2 is 1.70 bits per heavy atom. The number of urea groups is 1. The van der Waals surface area contributed by atoms with Crippen molar-refractivity contribution in [2.45, 2.75) is 43.0 Å². The van der Waals surface area contributed by atoms with Crippen molar-refractivity contribution in [1.82, 2.24) is 5.32 Å². The van der Waals surface area contributed by atoms with E-state index in [-0.39, 0.29) is 17.0 Å². The first kappa shape index (κ1) is 14.8. The van der Waals surface area contributed by atoms with Crippen LogP contribution in [0.3, 0.4) is 0 Å². The molecule has 0 radical (unpaired) electrons. The number of primary sulfonamides is 1. The van der Waals surface area contributed by atoms with Crippen molar-refractivity contribution in [1.29, 1.82) is 0 Å². The normalized spacial score (nSPS) is 16.6. The lowest BCUT2D eigenvalue weighted by molar-refractivity contribution is 0.244. The van der Waals surface area contributed by atoms with E-state index in [1.54, 1.807) is 0 Å². The van der Waals surface area contributed by atoms with Gasteiger partial charge in [-0.1, -0.05) is 19.3 Å². The van der Waals surface area contributed by atoms with E-state index in [1.165, 1.54) is 30.7 Å². The van der Waals surface area contributed by atoms with Gasteiger partial charge in [-0.2, -0.15) is 0 Å². The quantitative estimate of drug-likeness (QED) is 0.792. The Kier molecular flexibility index (Phi) is 4.61. The van der Waals surface area contributed by atoms with Crippen molar-refractivity contribution in [3.05, 3.63) is 24.3 Å². The Labute approximate surface area is 118 Å². The van der Waals surface area contributed by atoms with Crippen LogP contribution in [0, 0.1) is 0 Å². The molecule has 1 saturated carbocycles. The SMILES string of the molecule is NS(=O)(=O)c1ccc(NC(=O)NC2CCCCC2)cc1. The van der Waals surface area contributed by atoms with Crippen molar-refractivity contribution in [3.63, 3.8) is 0 Å². The summed E-state index contributed by atoms with van der Waals surface area (Å²) in [4.78, 5) is 11.8. The second-order valence-electron chi connectivity index (χ2n) is 5.00. The summed E-state index contributed by atoms with van der Waals surface area (Å²) in [6.45, 7) is 0. The fraction of sp³-hybridized carbons (Fsp3) is 0.462. The number of benzene rings is 1. The molecule has 1 aromatic carbocycles. The molecule has 0 spiro atoms. The highest BCUT2D eigenvalue weighted by Gasteiger charge is 2.15. The van der Waals surface area contributed by atoms with Crippen LogP contribution in [-0.2, 0) is 10.0 Å². The van der Waals surface area contributed by atoms with Gasteiger partial charge in [0.05, 0.1) is 4.90 Å². The van der Waals surface area contributed by atoms with Crippen LogP contribution in [0.1, 0.15) is 32.1 Å². The summed E-state index contributed by atoms with van der Waals surface area (Å²) >= 11 is 0. The first-order chi connectivity index (χ1) is 9.45. The molecule has 1 fully saturated rings. The molecular formula is C13H19N3O3S. The molecular weight excluding hydrogens is 278 g/mol. The van der Waals surface area contributed by atoms with Crippen LogP contribution in [0.25, 0.3) is 0 Å². The predicted molar refractivity (Wildman–Crippen MR) is 76.8 cm³/mol. The summed E-state index contributed by atoms with van der Waals surface area (Å²) in [7, 11) is -3.70. The zero-order valence-electron chi connectivity index (χ0n) is 11.1. The van der Waals surface area contributed by atoms with Gasteiger partial charge in [-0.05, 0) is 37.1 Å². The molecule has 0 bridgehead atoms. The third-order valence-corrected chi connectivity index (χ3v) is 4.31. The molecule has 2 rings (SSSR count). The Morgan fingerprint density at radius 1 is 1.10 bits per heavy atom. The molecule has 1 aliphatic carbocycles. The maximum Gasteiger partial charge on any atom is 0.319 e. The van der Waals surface area contributed by atoms with Gasteiger partial charge >= 0.3 is 6.03 Å². The zero-order valence-corrected chi connectivity index (χ0v) is 11.9. The van der Waals surface area contributed by atoms with Gasteiger partial charge in [0.2, 0.25) is 10.0 Å². The number of carbonyl (C=O) groups is 1. The third-order valence-electron chi connectivity index (χ3n) is 3.38. The second kappa shape index (κ2) is 6.23. The average molecular weight is 297 g/mol. The van der Waals surface area contributed by atoms with E-state index in [4.69, 9.17) is 5.14 Å². The molecule has 20 heavy (non-hydrogen) atoms. The first-order valence-corrected chi connectivity index (χ1v) is 8.20. The zero-order chi connectivity index (χ0) is 14.6. The van der Waals surface area contributed by atoms with Gasteiger partial charge in [0, 0.05) is 11.7 Å². The van der Waals surface area contributed by atoms with Gasteiger partial charge in [0.1, 0.15) is 0 Å². The standard InChI is InChI=1S/C13H19N3O3S/c14-20(18,19)12-8-6-11(7-9-12)16-13(17)15-10-4-2-1-3-5-10/h6-10H,1-5H2,(H2,14,18,19)(H2,15,16,17). The molecule has 2 amide bonds. The van der Waals surface area contributed by atoms with E-state index >= 15 is 0 Å². The lowest BCUT2D eigenvalue weighted by Gasteiger charge is -2.22. The van der Waals surface area contributed by atoms with Crippen LogP contribution in [0.15, 0.2) is 29.2 Å². The van der Waals surface area contributed by atoms with Gasteiger partial charge < -0.3 is 10.6 Å². The number of amides is 2. The van der Waals surface area contributed by atoms with Crippen molar-refractivity contribution in [2.24, 2.45) is 5.14 Å². The van der Waals surface area contributed by atoms with Crippen LogP contribution < -0.4 is 15.8 Å². The smallest absolute Gasteiger partial charge is 0.319 e. The monoisotopic (exact) mass is 297 g/mol. The third kappa shape index (κ3) is 4.21. The second-order valence-corrected chi connectivity index (χ2v) is 6.56. The molecule has 1 aromatic rings. The molecule has 0 saturated heterocycles. The Morgan fingerprint density at radius 3 is 2.25 bits per heavy atom. The largest absolute Gasteiger partial charge is 0.335 e. The van der Waals surface area contributed by atoms with Gasteiger partial charge in [-0.3, -0.25) is 0 Å². The molecule has 1 aliphatic rings. The van der Waals surface area contributed by atoms with E-state index in [0.717, 1.165) is 25.7 Å². The summed E-state index contributed by atoms with van der Waals surface area (Å²) in [6, 6.07) is 5.73. The van der Waals surface area contributed by atoms with Gasteiger partial charge in [-0.15, -0.1) is 0 Å². The molecule has 0 unspecified atom stereocenters. The summed E-state index contributed by atoms with van der Waals surface area (Å²) < 4.78 is 22.2. The molecule has 6 nitrogen and oxygen atoms in total. The molecule has 0 aliphatic heterocycles. The highest BCUT2D eigenvalue weighted by atomic mass is 32.2. The summed E-state index contributed by atoms with van der Waals surface area (Å²) in [6.07, 6.45) is 5.55. The number of anilines is 1. The van der Waals surface area contributed by atoms with Gasteiger partial charge in [0.25, 0.3) is 0 Å². The fourth-order valence-electron chi connectivity index (χ4n) is 2.33. The lowest BCUT2D eigenvalue weighted by atomic mass is 9.96. The predicted octanol–water partition coefficient (Wildman–Crippen LogP) is 1.79. The molecule has 4 N–H and O–H groups in total. The van der Waals surface area contributed by atoms with E-state index in [9.17, 15) is 13.2 Å². The number of sulfonamides is 1.